The molecule has 142 valence electrons. The number of hydrogen-bond acceptors (Lipinski definition) is 5. The van der Waals surface area contributed by atoms with Crippen molar-refractivity contribution >= 4 is 11.9 Å². The lowest BCUT2D eigenvalue weighted by atomic mass is 9.71. The van der Waals surface area contributed by atoms with Crippen LogP contribution < -0.4 is 5.32 Å². The van der Waals surface area contributed by atoms with Crippen molar-refractivity contribution in [1.82, 2.24) is 5.32 Å². The number of amides is 1. The highest BCUT2D eigenvalue weighted by Gasteiger charge is 2.50. The maximum absolute atomic E-state index is 11.7. The molecule has 0 bridgehead atoms. The summed E-state index contributed by atoms with van der Waals surface area (Å²) in [6.07, 6.45) is 1.59. The van der Waals surface area contributed by atoms with Crippen LogP contribution in [0.2, 0.25) is 0 Å². The monoisotopic (exact) mass is 361 g/mol. The molecule has 6 atom stereocenters. The minimum Gasteiger partial charge on any atom is -0.460 e. The highest BCUT2D eigenvalue weighted by Crippen LogP contribution is 2.44. The van der Waals surface area contributed by atoms with E-state index in [0.29, 0.717) is 5.92 Å². The minimum atomic E-state index is -0.627. The summed E-state index contributed by atoms with van der Waals surface area (Å²) in [5, 5.41) is 2.86. The second-order valence-corrected chi connectivity index (χ2v) is 7.16. The quantitative estimate of drug-likeness (QED) is 0.834. The number of nitrogens with one attached hydrogen (secondary N) is 1. The Bertz CT molecular complexity index is 634. The van der Waals surface area contributed by atoms with E-state index in [0.717, 1.165) is 19.3 Å². The van der Waals surface area contributed by atoms with Crippen LogP contribution in [0.15, 0.2) is 30.3 Å². The number of esters is 1. The Morgan fingerprint density at radius 2 is 1.88 bits per heavy atom. The smallest absolute Gasteiger partial charge is 0.302 e. The van der Waals surface area contributed by atoms with Crippen LogP contribution in [0.25, 0.3) is 0 Å². The van der Waals surface area contributed by atoms with Gasteiger partial charge in [-0.2, -0.15) is 0 Å². The van der Waals surface area contributed by atoms with Crippen LogP contribution in [0.1, 0.15) is 44.6 Å². The third kappa shape index (κ3) is 4.07. The molecule has 1 N–H and O–H groups in total. The molecule has 2 aliphatic rings. The number of ether oxygens (including phenoxy) is 3. The molecular formula is C20H27NO5. The molecular weight excluding hydrogens is 334 g/mol. The first-order chi connectivity index (χ1) is 12.5. The van der Waals surface area contributed by atoms with Crippen molar-refractivity contribution in [2.45, 2.75) is 63.6 Å². The lowest BCUT2D eigenvalue weighted by Gasteiger charge is -2.49. The summed E-state index contributed by atoms with van der Waals surface area (Å²) in [4.78, 5) is 23.4. The third-order valence-corrected chi connectivity index (χ3v) is 5.39. The largest absolute Gasteiger partial charge is 0.460 e. The summed E-state index contributed by atoms with van der Waals surface area (Å²) in [6, 6.07) is 9.86. The van der Waals surface area contributed by atoms with Crippen LogP contribution in [0.3, 0.4) is 0 Å². The second kappa shape index (κ2) is 8.18. The molecule has 0 aromatic heterocycles. The van der Waals surface area contributed by atoms with E-state index < -0.39 is 18.4 Å². The van der Waals surface area contributed by atoms with Crippen molar-refractivity contribution in [2.75, 3.05) is 7.11 Å². The lowest BCUT2D eigenvalue weighted by molar-refractivity contribution is -0.254. The molecule has 1 aromatic rings. The molecule has 0 radical (unpaired) electrons. The van der Waals surface area contributed by atoms with Gasteiger partial charge in [0.2, 0.25) is 5.91 Å². The fourth-order valence-corrected chi connectivity index (χ4v) is 4.34. The summed E-state index contributed by atoms with van der Waals surface area (Å²) in [7, 11) is 1.54. The molecule has 1 aliphatic heterocycles. The number of rotatable bonds is 4. The zero-order chi connectivity index (χ0) is 18.7. The van der Waals surface area contributed by atoms with Crippen LogP contribution in [0.5, 0.6) is 0 Å². The molecule has 1 aromatic carbocycles. The Labute approximate surface area is 154 Å². The van der Waals surface area contributed by atoms with E-state index in [2.05, 4.69) is 17.4 Å². The van der Waals surface area contributed by atoms with Gasteiger partial charge in [0, 0.05) is 26.9 Å². The van der Waals surface area contributed by atoms with Gasteiger partial charge in [-0.3, -0.25) is 9.59 Å². The first-order valence-electron chi connectivity index (χ1n) is 9.17. The number of fused-ring (bicyclic) bond motifs is 1. The molecule has 0 spiro atoms. The Morgan fingerprint density at radius 3 is 2.50 bits per heavy atom. The van der Waals surface area contributed by atoms with Gasteiger partial charge < -0.3 is 19.5 Å². The van der Waals surface area contributed by atoms with Gasteiger partial charge in [0.05, 0.1) is 6.10 Å². The van der Waals surface area contributed by atoms with E-state index >= 15 is 0 Å². The topological polar surface area (TPSA) is 73.9 Å². The predicted octanol–water partition coefficient (Wildman–Crippen LogP) is 2.38. The van der Waals surface area contributed by atoms with E-state index in [9.17, 15) is 9.59 Å². The predicted molar refractivity (Wildman–Crippen MR) is 95.4 cm³/mol. The van der Waals surface area contributed by atoms with Crippen molar-refractivity contribution in [3.8, 4) is 0 Å². The fraction of sp³-hybridized carbons (Fsp3) is 0.600. The van der Waals surface area contributed by atoms with Gasteiger partial charge in [0.25, 0.3) is 0 Å². The molecule has 1 heterocycles. The Hall–Kier alpha value is -1.92. The molecule has 1 saturated carbocycles. The summed E-state index contributed by atoms with van der Waals surface area (Å²) in [5.74, 6) is -0.161. The molecule has 0 unspecified atom stereocenters. The number of carbonyl (C=O) groups is 2. The molecule has 26 heavy (non-hydrogen) atoms. The van der Waals surface area contributed by atoms with Crippen LogP contribution in [0, 0.1) is 5.92 Å². The van der Waals surface area contributed by atoms with Gasteiger partial charge in [-0.1, -0.05) is 30.3 Å². The van der Waals surface area contributed by atoms with Crippen molar-refractivity contribution in [3.05, 3.63) is 35.9 Å². The van der Waals surface area contributed by atoms with Crippen molar-refractivity contribution in [3.63, 3.8) is 0 Å². The first-order valence-corrected chi connectivity index (χ1v) is 9.17. The van der Waals surface area contributed by atoms with E-state index in [-0.39, 0.29) is 23.9 Å². The van der Waals surface area contributed by atoms with Gasteiger partial charge in [-0.05, 0) is 30.7 Å². The summed E-state index contributed by atoms with van der Waals surface area (Å²) >= 11 is 0. The standard InChI is InChI=1S/C20H27NO5/c1-12(22)21-18-19(25-13(2)23)16-11-15(14-7-5-4-6-8-14)9-10-17(16)26-20(18)24-3/h4-8,15-20H,9-11H2,1-3H3,(H,21,22)/t15-,16-,17+,18-,19-,20+/m0/s1. The van der Waals surface area contributed by atoms with Crippen molar-refractivity contribution in [1.29, 1.82) is 0 Å². The molecule has 1 saturated heterocycles. The second-order valence-electron chi connectivity index (χ2n) is 7.16. The molecule has 3 rings (SSSR count). The molecule has 1 amide bonds. The van der Waals surface area contributed by atoms with Gasteiger partial charge in [-0.25, -0.2) is 0 Å². The molecule has 2 fully saturated rings. The maximum Gasteiger partial charge on any atom is 0.302 e. The Morgan fingerprint density at radius 1 is 1.15 bits per heavy atom. The molecule has 6 heteroatoms. The lowest BCUT2D eigenvalue weighted by Crippen LogP contribution is -2.63. The number of benzene rings is 1. The average molecular weight is 361 g/mol. The van der Waals surface area contributed by atoms with Gasteiger partial charge in [0.15, 0.2) is 6.29 Å². The highest BCUT2D eigenvalue weighted by molar-refractivity contribution is 5.73. The van der Waals surface area contributed by atoms with Crippen molar-refractivity contribution < 1.29 is 23.8 Å². The summed E-state index contributed by atoms with van der Waals surface area (Å²) in [6.45, 7) is 2.84. The summed E-state index contributed by atoms with van der Waals surface area (Å²) in [5.41, 5.74) is 1.29. The third-order valence-electron chi connectivity index (χ3n) is 5.39. The first kappa shape index (κ1) is 18.9. The minimum absolute atomic E-state index is 0.0149. The Kier molecular flexibility index (Phi) is 5.94. The zero-order valence-electron chi connectivity index (χ0n) is 15.5. The van der Waals surface area contributed by atoms with E-state index in [4.69, 9.17) is 14.2 Å². The fourth-order valence-electron chi connectivity index (χ4n) is 4.34. The van der Waals surface area contributed by atoms with E-state index in [1.54, 1.807) is 7.11 Å². The molecule has 6 nitrogen and oxygen atoms in total. The number of methoxy groups -OCH3 is 1. The average Bonchev–Trinajstić information content (AvgIpc) is 2.63. The van der Waals surface area contributed by atoms with Crippen LogP contribution in [-0.4, -0.2) is 43.5 Å². The zero-order valence-corrected chi connectivity index (χ0v) is 15.5. The number of carbonyl (C=O) groups excluding carboxylic acids is 2. The van der Waals surface area contributed by atoms with Crippen molar-refractivity contribution in [2.24, 2.45) is 5.92 Å². The maximum atomic E-state index is 11.7. The number of hydrogen-bond donors (Lipinski definition) is 1. The van der Waals surface area contributed by atoms with E-state index in [1.165, 1.54) is 19.4 Å². The van der Waals surface area contributed by atoms with Gasteiger partial charge in [0.1, 0.15) is 12.1 Å². The molecule has 1 aliphatic carbocycles. The van der Waals surface area contributed by atoms with Gasteiger partial charge >= 0.3 is 5.97 Å². The Balaban J connectivity index is 1.86. The summed E-state index contributed by atoms with van der Waals surface area (Å²) < 4.78 is 17.2. The van der Waals surface area contributed by atoms with Crippen LogP contribution >= 0.6 is 0 Å². The van der Waals surface area contributed by atoms with Crippen LogP contribution in [0.4, 0.5) is 0 Å². The van der Waals surface area contributed by atoms with E-state index in [1.807, 2.05) is 18.2 Å². The SMILES string of the molecule is CO[C@@H]1O[C@@H]2CC[C@H](c3ccccc3)C[C@@H]2[C@H](OC(C)=O)[C@@H]1NC(C)=O. The highest BCUT2D eigenvalue weighted by atomic mass is 16.7. The van der Waals surface area contributed by atoms with Gasteiger partial charge in [-0.15, -0.1) is 0 Å². The van der Waals surface area contributed by atoms with Crippen LogP contribution in [-0.2, 0) is 23.8 Å². The normalized spacial score (nSPS) is 33.8.